The highest BCUT2D eigenvalue weighted by Gasteiger charge is 2.21. The molecule has 0 spiro atoms. The second kappa shape index (κ2) is 8.23. The van der Waals surface area contributed by atoms with Crippen LogP contribution >= 0.6 is 34.8 Å². The maximum absolute atomic E-state index is 11.0. The highest BCUT2D eigenvalue weighted by atomic mass is 35.5. The average Bonchev–Trinajstić information content (AvgIpc) is 2.72. The largest absolute Gasteiger partial charge is 0.505 e. The highest BCUT2D eigenvalue weighted by molar-refractivity contribution is 6.42. The Bertz CT molecular complexity index is 1210. The van der Waals surface area contributed by atoms with Gasteiger partial charge >= 0.3 is 0 Å². The summed E-state index contributed by atoms with van der Waals surface area (Å²) in [5.41, 5.74) is 4.48. The fourth-order valence-electron chi connectivity index (χ4n) is 3.63. The molecule has 0 fully saturated rings. The summed E-state index contributed by atoms with van der Waals surface area (Å²) >= 11 is 18.6. The van der Waals surface area contributed by atoms with E-state index in [9.17, 15) is 5.11 Å². The number of hydrogen-bond acceptors (Lipinski definition) is 2. The number of aryl methyl sites for hydroxylation is 1. The average molecular weight is 443 g/mol. The molecule has 1 aromatic heterocycles. The molecule has 3 aromatic carbocycles. The first-order chi connectivity index (χ1) is 13.9. The summed E-state index contributed by atoms with van der Waals surface area (Å²) in [4.78, 5) is 4.37. The second-order valence-electron chi connectivity index (χ2n) is 7.09. The number of nitrogens with zero attached hydrogens (tertiary/aromatic N) is 1. The van der Waals surface area contributed by atoms with Crippen molar-refractivity contribution in [2.24, 2.45) is 0 Å². The number of aromatic hydroxyl groups is 1. The summed E-state index contributed by atoms with van der Waals surface area (Å²) in [6.07, 6.45) is 2.35. The van der Waals surface area contributed by atoms with Crippen molar-refractivity contribution in [3.8, 4) is 5.75 Å². The first-order valence-corrected chi connectivity index (χ1v) is 10.3. The monoisotopic (exact) mass is 441 g/mol. The van der Waals surface area contributed by atoms with Gasteiger partial charge in [-0.1, -0.05) is 71.2 Å². The maximum Gasteiger partial charge on any atom is 0.145 e. The Morgan fingerprint density at radius 2 is 1.69 bits per heavy atom. The van der Waals surface area contributed by atoms with Crippen LogP contribution in [-0.2, 0) is 6.42 Å². The van der Waals surface area contributed by atoms with E-state index in [1.165, 1.54) is 0 Å². The van der Waals surface area contributed by atoms with Crippen molar-refractivity contribution in [2.45, 2.75) is 19.3 Å². The lowest BCUT2D eigenvalue weighted by Crippen LogP contribution is -2.06. The van der Waals surface area contributed by atoms with Gasteiger partial charge in [0.05, 0.1) is 10.0 Å². The van der Waals surface area contributed by atoms with E-state index in [1.807, 2.05) is 55.5 Å². The molecule has 0 aliphatic carbocycles. The molecule has 1 unspecified atom stereocenters. The van der Waals surface area contributed by atoms with Crippen molar-refractivity contribution >= 4 is 45.7 Å². The van der Waals surface area contributed by atoms with Crippen LogP contribution in [0, 0.1) is 6.92 Å². The van der Waals surface area contributed by atoms with Gasteiger partial charge in [-0.3, -0.25) is 4.98 Å². The van der Waals surface area contributed by atoms with Gasteiger partial charge in [-0.15, -0.1) is 0 Å². The van der Waals surface area contributed by atoms with Gasteiger partial charge in [-0.25, -0.2) is 0 Å². The van der Waals surface area contributed by atoms with Crippen LogP contribution in [-0.4, -0.2) is 10.1 Å². The fourth-order valence-corrected chi connectivity index (χ4v) is 4.06. The number of halogens is 3. The van der Waals surface area contributed by atoms with Crippen LogP contribution in [0.1, 0.15) is 28.2 Å². The zero-order valence-corrected chi connectivity index (χ0v) is 17.9. The van der Waals surface area contributed by atoms with Crippen LogP contribution in [0.15, 0.2) is 66.9 Å². The van der Waals surface area contributed by atoms with Crippen molar-refractivity contribution in [2.75, 3.05) is 0 Å². The molecular formula is C24H18Cl3NO. The standard InChI is InChI=1S/C24H18Cl3NO/c1-14-11-15(4-8-20(14)25)12-19(17-6-9-21(26)22(27)13-17)18-7-5-16-3-2-10-28-23(16)24(18)29/h2-11,13,19,29H,12H2,1H3. The minimum absolute atomic E-state index is 0.128. The maximum atomic E-state index is 11.0. The summed E-state index contributed by atoms with van der Waals surface area (Å²) in [6, 6.07) is 19.3. The number of phenols is 1. The predicted octanol–water partition coefficient (Wildman–Crippen LogP) is 7.58. The summed E-state index contributed by atoms with van der Waals surface area (Å²) in [5, 5.41) is 13.7. The Hall–Kier alpha value is -2.26. The summed E-state index contributed by atoms with van der Waals surface area (Å²) in [6.45, 7) is 1.98. The van der Waals surface area contributed by atoms with E-state index in [4.69, 9.17) is 34.8 Å². The van der Waals surface area contributed by atoms with Gasteiger partial charge in [0.15, 0.2) is 0 Å². The van der Waals surface area contributed by atoms with E-state index in [2.05, 4.69) is 11.1 Å². The summed E-state index contributed by atoms with van der Waals surface area (Å²) < 4.78 is 0. The summed E-state index contributed by atoms with van der Waals surface area (Å²) in [7, 11) is 0. The molecule has 1 N–H and O–H groups in total. The molecule has 2 nitrogen and oxygen atoms in total. The fraction of sp³-hybridized carbons (Fsp3) is 0.125. The van der Waals surface area contributed by atoms with Gasteiger partial charge in [0, 0.05) is 28.1 Å². The zero-order valence-electron chi connectivity index (χ0n) is 15.7. The molecular weight excluding hydrogens is 425 g/mol. The highest BCUT2D eigenvalue weighted by Crippen LogP contribution is 2.39. The molecule has 0 aliphatic rings. The molecule has 4 rings (SSSR count). The molecule has 1 heterocycles. The van der Waals surface area contributed by atoms with Gasteiger partial charge in [0.1, 0.15) is 11.3 Å². The molecule has 146 valence electrons. The molecule has 0 saturated heterocycles. The van der Waals surface area contributed by atoms with Gasteiger partial charge in [0.2, 0.25) is 0 Å². The lowest BCUT2D eigenvalue weighted by atomic mass is 9.84. The van der Waals surface area contributed by atoms with E-state index in [0.29, 0.717) is 22.0 Å². The number of hydrogen-bond donors (Lipinski definition) is 1. The number of rotatable bonds is 4. The lowest BCUT2D eigenvalue weighted by Gasteiger charge is -2.21. The van der Waals surface area contributed by atoms with Crippen LogP contribution in [0.25, 0.3) is 10.9 Å². The lowest BCUT2D eigenvalue weighted by molar-refractivity contribution is 0.469. The number of benzene rings is 3. The Labute approximate surface area is 184 Å². The van der Waals surface area contributed by atoms with Gasteiger partial charge < -0.3 is 5.11 Å². The number of aromatic nitrogens is 1. The van der Waals surface area contributed by atoms with Crippen molar-refractivity contribution in [1.82, 2.24) is 4.98 Å². The molecule has 0 amide bonds. The number of phenolic OH excluding ortho intramolecular Hbond substituents is 1. The van der Waals surface area contributed by atoms with Crippen LogP contribution in [0.3, 0.4) is 0 Å². The molecule has 5 heteroatoms. The van der Waals surface area contributed by atoms with Gasteiger partial charge in [-0.2, -0.15) is 0 Å². The normalized spacial score (nSPS) is 12.3. The molecule has 0 radical (unpaired) electrons. The van der Waals surface area contributed by atoms with Crippen molar-refractivity contribution in [3.63, 3.8) is 0 Å². The minimum atomic E-state index is -0.128. The Morgan fingerprint density at radius 3 is 2.45 bits per heavy atom. The molecule has 29 heavy (non-hydrogen) atoms. The van der Waals surface area contributed by atoms with Gasteiger partial charge in [-0.05, 0) is 54.3 Å². The van der Waals surface area contributed by atoms with E-state index in [1.54, 1.807) is 12.3 Å². The molecule has 0 bridgehead atoms. The van der Waals surface area contributed by atoms with Gasteiger partial charge in [0.25, 0.3) is 0 Å². The first kappa shape index (κ1) is 20.0. The summed E-state index contributed by atoms with van der Waals surface area (Å²) in [5.74, 6) is 0.0570. The van der Waals surface area contributed by atoms with Crippen molar-refractivity contribution in [1.29, 1.82) is 0 Å². The first-order valence-electron chi connectivity index (χ1n) is 9.20. The topological polar surface area (TPSA) is 33.1 Å². The van der Waals surface area contributed by atoms with Crippen molar-refractivity contribution in [3.05, 3.63) is 104 Å². The molecule has 1 atom stereocenters. The smallest absolute Gasteiger partial charge is 0.145 e. The third-order valence-corrected chi connectivity index (χ3v) is 6.33. The Morgan fingerprint density at radius 1 is 0.897 bits per heavy atom. The van der Waals surface area contributed by atoms with Crippen molar-refractivity contribution < 1.29 is 5.11 Å². The Balaban J connectivity index is 1.86. The van der Waals surface area contributed by atoms with E-state index < -0.39 is 0 Å². The van der Waals surface area contributed by atoms with Crippen LogP contribution < -0.4 is 0 Å². The van der Waals surface area contributed by atoms with Crippen LogP contribution in [0.2, 0.25) is 15.1 Å². The number of pyridine rings is 1. The molecule has 0 aliphatic heterocycles. The Kier molecular flexibility index (Phi) is 5.69. The quantitative estimate of drug-likeness (QED) is 0.353. The third kappa shape index (κ3) is 4.06. The third-order valence-electron chi connectivity index (χ3n) is 5.16. The van der Waals surface area contributed by atoms with E-state index in [0.717, 1.165) is 32.7 Å². The molecule has 0 saturated carbocycles. The van der Waals surface area contributed by atoms with Crippen LogP contribution in [0.5, 0.6) is 5.75 Å². The minimum Gasteiger partial charge on any atom is -0.505 e. The molecule has 4 aromatic rings. The zero-order chi connectivity index (χ0) is 20.5. The second-order valence-corrected chi connectivity index (χ2v) is 8.31. The van der Waals surface area contributed by atoms with Crippen LogP contribution in [0.4, 0.5) is 0 Å². The number of fused-ring (bicyclic) bond motifs is 1. The predicted molar refractivity (Wildman–Crippen MR) is 122 cm³/mol. The van der Waals surface area contributed by atoms with E-state index >= 15 is 0 Å². The SMILES string of the molecule is Cc1cc(CC(c2ccc(Cl)c(Cl)c2)c2ccc3cccnc3c2O)ccc1Cl. The van der Waals surface area contributed by atoms with E-state index in [-0.39, 0.29) is 11.7 Å².